The van der Waals surface area contributed by atoms with Gasteiger partial charge in [0.25, 0.3) is 0 Å². The molecule has 4 heteroatoms. The number of aromatic nitrogens is 3. The zero-order valence-corrected chi connectivity index (χ0v) is 30.1. The van der Waals surface area contributed by atoms with E-state index < -0.39 is 0 Å². The van der Waals surface area contributed by atoms with Gasteiger partial charge in [-0.2, -0.15) is 0 Å². The van der Waals surface area contributed by atoms with Crippen molar-refractivity contribution in [3.8, 4) is 39.3 Å². The normalized spacial score (nSPS) is 11.9. The smallest absolute Gasteiger partial charge is 0.143 e. The number of benzene rings is 9. The largest absolute Gasteiger partial charge is 0.455 e. The van der Waals surface area contributed by atoms with Gasteiger partial charge in [0.05, 0.1) is 33.5 Å². The van der Waals surface area contributed by atoms with Crippen molar-refractivity contribution in [1.29, 1.82) is 0 Å². The van der Waals surface area contributed by atoms with Crippen molar-refractivity contribution in [1.82, 2.24) is 14.5 Å². The highest BCUT2D eigenvalue weighted by Crippen LogP contribution is 2.46. The zero-order chi connectivity index (χ0) is 36.7. The molecule has 3 aromatic heterocycles. The second kappa shape index (κ2) is 12.0. The standard InChI is InChI=1S/C52H31N3O/c1-2-15-33(16-3-1)50-51(54-44-25-9-8-24-43(44)53-50)39-22-13-23-40-48(39)41(31-42-37-20-7-11-27-47(37)56-52(40)42)34-17-12-18-35(30-34)55-45-26-10-6-21-38(45)49-36-19-5-4-14-32(36)28-29-46(49)55/h1-31H. The Labute approximate surface area is 321 Å². The fourth-order valence-corrected chi connectivity index (χ4v) is 8.90. The van der Waals surface area contributed by atoms with Gasteiger partial charge in [0, 0.05) is 49.1 Å². The van der Waals surface area contributed by atoms with Crippen LogP contribution in [-0.4, -0.2) is 14.5 Å². The SMILES string of the molecule is c1ccc(-c2nc3ccccc3nc2-c2cccc3c2c(-c2cccc(-n4c5ccccc5c5c6ccccc6ccc54)c2)cc2c4ccccc4oc32)cc1. The summed E-state index contributed by atoms with van der Waals surface area (Å²) in [4.78, 5) is 10.6. The van der Waals surface area contributed by atoms with Crippen LogP contribution in [0.15, 0.2) is 192 Å². The third kappa shape index (κ3) is 4.53. The quantitative estimate of drug-likeness (QED) is 0.182. The van der Waals surface area contributed by atoms with Gasteiger partial charge in [-0.05, 0) is 70.4 Å². The molecule has 12 rings (SSSR count). The molecule has 0 unspecified atom stereocenters. The number of hydrogen-bond acceptors (Lipinski definition) is 3. The van der Waals surface area contributed by atoms with Gasteiger partial charge in [-0.1, -0.05) is 140 Å². The van der Waals surface area contributed by atoms with E-state index in [4.69, 9.17) is 14.4 Å². The minimum atomic E-state index is 0.836. The highest BCUT2D eigenvalue weighted by atomic mass is 16.3. The maximum atomic E-state index is 6.71. The van der Waals surface area contributed by atoms with Gasteiger partial charge in [-0.3, -0.25) is 0 Å². The molecule has 0 bridgehead atoms. The van der Waals surface area contributed by atoms with Crippen molar-refractivity contribution in [2.75, 3.05) is 0 Å². The molecule has 0 saturated carbocycles. The lowest BCUT2D eigenvalue weighted by atomic mass is 9.90. The van der Waals surface area contributed by atoms with Crippen LogP contribution in [0.25, 0.3) is 116 Å². The Bertz CT molecular complexity index is 3540. The van der Waals surface area contributed by atoms with E-state index >= 15 is 0 Å². The molecule has 260 valence electrons. The molecule has 0 amide bonds. The van der Waals surface area contributed by atoms with Crippen LogP contribution in [0.5, 0.6) is 0 Å². The fraction of sp³-hybridized carbons (Fsp3) is 0. The predicted octanol–water partition coefficient (Wildman–Crippen LogP) is 13.9. The van der Waals surface area contributed by atoms with E-state index in [1.807, 2.05) is 36.4 Å². The number of rotatable bonds is 4. The summed E-state index contributed by atoms with van der Waals surface area (Å²) >= 11 is 0. The zero-order valence-electron chi connectivity index (χ0n) is 30.1. The minimum absolute atomic E-state index is 0.836. The fourth-order valence-electron chi connectivity index (χ4n) is 8.90. The molecule has 0 atom stereocenters. The van der Waals surface area contributed by atoms with Crippen LogP contribution in [0.1, 0.15) is 0 Å². The summed E-state index contributed by atoms with van der Waals surface area (Å²) in [5.74, 6) is 0. The molecule has 12 aromatic rings. The molecular formula is C52H31N3O. The molecule has 9 aromatic carbocycles. The molecule has 0 fully saturated rings. The highest BCUT2D eigenvalue weighted by molar-refractivity contribution is 6.23. The summed E-state index contributed by atoms with van der Waals surface area (Å²) in [5, 5.41) is 9.30. The molecule has 56 heavy (non-hydrogen) atoms. The second-order valence-corrected chi connectivity index (χ2v) is 14.5. The van der Waals surface area contributed by atoms with Crippen LogP contribution in [0, 0.1) is 0 Å². The van der Waals surface area contributed by atoms with Crippen LogP contribution in [0.2, 0.25) is 0 Å². The van der Waals surface area contributed by atoms with Crippen molar-refractivity contribution >= 4 is 76.3 Å². The summed E-state index contributed by atoms with van der Waals surface area (Å²) in [6.45, 7) is 0. The van der Waals surface area contributed by atoms with Crippen molar-refractivity contribution in [3.63, 3.8) is 0 Å². The van der Waals surface area contributed by atoms with Crippen LogP contribution >= 0.6 is 0 Å². The molecule has 4 nitrogen and oxygen atoms in total. The molecule has 0 aliphatic carbocycles. The average Bonchev–Trinajstić information content (AvgIpc) is 3.82. The first-order chi connectivity index (χ1) is 27.8. The van der Waals surface area contributed by atoms with E-state index in [2.05, 4.69) is 156 Å². The Kier molecular flexibility index (Phi) is 6.60. The minimum Gasteiger partial charge on any atom is -0.455 e. The molecule has 3 heterocycles. The number of hydrogen-bond donors (Lipinski definition) is 0. The van der Waals surface area contributed by atoms with Gasteiger partial charge in [0.15, 0.2) is 0 Å². The monoisotopic (exact) mass is 713 g/mol. The van der Waals surface area contributed by atoms with Crippen LogP contribution in [0.4, 0.5) is 0 Å². The summed E-state index contributed by atoms with van der Waals surface area (Å²) in [5.41, 5.74) is 12.8. The lowest BCUT2D eigenvalue weighted by Gasteiger charge is -2.17. The van der Waals surface area contributed by atoms with Gasteiger partial charge < -0.3 is 8.98 Å². The van der Waals surface area contributed by atoms with Gasteiger partial charge >= 0.3 is 0 Å². The van der Waals surface area contributed by atoms with Crippen LogP contribution in [-0.2, 0) is 0 Å². The summed E-state index contributed by atoms with van der Waals surface area (Å²) in [6, 6.07) is 66.6. The Hall–Kier alpha value is -7.56. The van der Waals surface area contributed by atoms with Gasteiger partial charge in [0.2, 0.25) is 0 Å². The van der Waals surface area contributed by atoms with Gasteiger partial charge in [0.1, 0.15) is 11.2 Å². The maximum Gasteiger partial charge on any atom is 0.143 e. The predicted molar refractivity (Wildman–Crippen MR) is 232 cm³/mol. The third-order valence-electron chi connectivity index (χ3n) is 11.4. The summed E-state index contributed by atoms with van der Waals surface area (Å²) in [6.07, 6.45) is 0. The first-order valence-corrected chi connectivity index (χ1v) is 19.0. The Morgan fingerprint density at radius 2 is 1.07 bits per heavy atom. The molecule has 0 saturated heterocycles. The van der Waals surface area contributed by atoms with E-state index in [1.165, 1.54) is 32.6 Å². The Balaban J connectivity index is 1.19. The highest BCUT2D eigenvalue weighted by Gasteiger charge is 2.22. The molecule has 0 N–H and O–H groups in total. The van der Waals surface area contributed by atoms with Crippen molar-refractivity contribution in [2.24, 2.45) is 0 Å². The third-order valence-corrected chi connectivity index (χ3v) is 11.4. The Morgan fingerprint density at radius 1 is 0.393 bits per heavy atom. The first kappa shape index (κ1) is 30.9. The summed E-state index contributed by atoms with van der Waals surface area (Å²) in [7, 11) is 0. The van der Waals surface area contributed by atoms with E-state index in [0.717, 1.165) is 83.1 Å². The number of fused-ring (bicyclic) bond motifs is 11. The lowest BCUT2D eigenvalue weighted by molar-refractivity contribution is 0.672. The van der Waals surface area contributed by atoms with E-state index in [9.17, 15) is 0 Å². The summed E-state index contributed by atoms with van der Waals surface area (Å²) < 4.78 is 9.12. The van der Waals surface area contributed by atoms with E-state index in [1.54, 1.807) is 0 Å². The number of para-hydroxylation sites is 4. The van der Waals surface area contributed by atoms with E-state index in [0.29, 0.717) is 0 Å². The molecule has 0 aliphatic heterocycles. The maximum absolute atomic E-state index is 6.71. The molecule has 0 radical (unpaired) electrons. The first-order valence-electron chi connectivity index (χ1n) is 19.0. The Morgan fingerprint density at radius 3 is 1.95 bits per heavy atom. The molecule has 0 aliphatic rings. The number of furan rings is 1. The number of nitrogens with zero attached hydrogens (tertiary/aromatic N) is 3. The van der Waals surface area contributed by atoms with Gasteiger partial charge in [-0.25, -0.2) is 9.97 Å². The molecular weight excluding hydrogens is 683 g/mol. The lowest BCUT2D eigenvalue weighted by Crippen LogP contribution is -1.97. The molecule has 0 spiro atoms. The van der Waals surface area contributed by atoms with E-state index in [-0.39, 0.29) is 0 Å². The second-order valence-electron chi connectivity index (χ2n) is 14.5. The van der Waals surface area contributed by atoms with Crippen LogP contribution < -0.4 is 0 Å². The van der Waals surface area contributed by atoms with Crippen molar-refractivity contribution in [3.05, 3.63) is 188 Å². The average molecular weight is 714 g/mol. The topological polar surface area (TPSA) is 43.9 Å². The van der Waals surface area contributed by atoms with Crippen molar-refractivity contribution < 1.29 is 4.42 Å². The van der Waals surface area contributed by atoms with Crippen molar-refractivity contribution in [2.45, 2.75) is 0 Å². The van der Waals surface area contributed by atoms with Gasteiger partial charge in [-0.15, -0.1) is 0 Å². The van der Waals surface area contributed by atoms with Crippen LogP contribution in [0.3, 0.4) is 0 Å².